The summed E-state index contributed by atoms with van der Waals surface area (Å²) in [5, 5.41) is 4.59. The van der Waals surface area contributed by atoms with Crippen LogP contribution >= 0.6 is 11.6 Å². The summed E-state index contributed by atoms with van der Waals surface area (Å²) in [6, 6.07) is 3.12. The number of fused-ring (bicyclic) bond motifs is 1. The van der Waals surface area contributed by atoms with Crippen molar-refractivity contribution in [3.63, 3.8) is 0 Å². The summed E-state index contributed by atoms with van der Waals surface area (Å²) < 4.78 is 5.60. The minimum absolute atomic E-state index is 0.0898. The second kappa shape index (κ2) is 7.35. The maximum Gasteiger partial charge on any atom is 0.412 e. The highest BCUT2D eigenvalue weighted by Gasteiger charge is 2.44. The van der Waals surface area contributed by atoms with Gasteiger partial charge in [-0.3, -0.25) is 14.8 Å². The molecule has 2 aliphatic rings. The number of piperazine rings is 1. The van der Waals surface area contributed by atoms with Gasteiger partial charge < -0.3 is 9.64 Å². The van der Waals surface area contributed by atoms with Gasteiger partial charge in [0.25, 0.3) is 5.91 Å². The number of ether oxygens (including phenoxy) is 1. The Morgan fingerprint density at radius 2 is 1.89 bits per heavy atom. The van der Waals surface area contributed by atoms with Crippen LogP contribution < -0.4 is 4.90 Å². The molecule has 2 amide bonds. The Morgan fingerprint density at radius 1 is 1.14 bits per heavy atom. The van der Waals surface area contributed by atoms with E-state index < -0.39 is 18.2 Å². The fourth-order valence-electron chi connectivity index (χ4n) is 3.01. The van der Waals surface area contributed by atoms with E-state index in [2.05, 4.69) is 20.2 Å². The molecule has 12 heteroatoms. The van der Waals surface area contributed by atoms with Crippen molar-refractivity contribution in [2.75, 3.05) is 31.1 Å². The molecule has 28 heavy (non-hydrogen) atoms. The van der Waals surface area contributed by atoms with Gasteiger partial charge in [0.1, 0.15) is 11.5 Å². The normalized spacial score (nSPS) is 18.8. The van der Waals surface area contributed by atoms with Crippen LogP contribution in [0.5, 0.6) is 0 Å². The first-order valence-corrected chi connectivity index (χ1v) is 8.76. The Hall–Kier alpha value is -3.34. The highest BCUT2D eigenvalue weighted by molar-refractivity contribution is 6.30. The molecule has 4 rings (SSSR count). The number of nitrogens with zero attached hydrogens (tertiary/aromatic N) is 7. The third kappa shape index (κ3) is 3.20. The van der Waals surface area contributed by atoms with Gasteiger partial charge >= 0.3 is 6.09 Å². The zero-order valence-electron chi connectivity index (χ0n) is 14.4. The Bertz CT molecular complexity index is 917. The van der Waals surface area contributed by atoms with E-state index in [0.29, 0.717) is 18.1 Å². The number of carbonyl (C=O) groups is 2. The summed E-state index contributed by atoms with van der Waals surface area (Å²) in [5.74, 6) is -0.229. The quantitative estimate of drug-likeness (QED) is 0.708. The lowest BCUT2D eigenvalue weighted by Crippen LogP contribution is -2.47. The predicted octanol–water partition coefficient (Wildman–Crippen LogP) is 1.62. The minimum atomic E-state index is -1.11. The monoisotopic (exact) mass is 403 g/mol. The highest BCUT2D eigenvalue weighted by atomic mass is 35.5. The Balaban J connectivity index is 1.60. The molecule has 0 aliphatic carbocycles. The van der Waals surface area contributed by atoms with Gasteiger partial charge in [0, 0.05) is 31.7 Å². The lowest BCUT2D eigenvalue weighted by molar-refractivity contribution is 0.0448. The first kappa shape index (κ1) is 18.0. The van der Waals surface area contributed by atoms with E-state index in [1.54, 1.807) is 12.1 Å². The number of amides is 2. The number of halogens is 1. The van der Waals surface area contributed by atoms with Gasteiger partial charge in [-0.2, -0.15) is 0 Å². The first-order valence-electron chi connectivity index (χ1n) is 8.38. The van der Waals surface area contributed by atoms with Crippen LogP contribution in [0.15, 0.2) is 36.0 Å². The molecule has 11 nitrogen and oxygen atoms in total. The summed E-state index contributed by atoms with van der Waals surface area (Å²) in [6.07, 6.45) is 2.44. The molecular formula is C16H14ClN7O4. The summed E-state index contributed by atoms with van der Waals surface area (Å²) in [7, 11) is 0. The fourth-order valence-corrected chi connectivity index (χ4v) is 3.12. The summed E-state index contributed by atoms with van der Waals surface area (Å²) in [5.41, 5.74) is 0.317. The zero-order chi connectivity index (χ0) is 19.7. The third-order valence-electron chi connectivity index (χ3n) is 4.42. The molecule has 2 aromatic heterocycles. The predicted molar refractivity (Wildman–Crippen MR) is 96.3 cm³/mol. The Kier molecular flexibility index (Phi) is 4.74. The molecule has 144 valence electrons. The summed E-state index contributed by atoms with van der Waals surface area (Å²) >= 11 is 5.87. The van der Waals surface area contributed by atoms with Crippen LogP contribution in [0.4, 0.5) is 10.6 Å². The largest absolute Gasteiger partial charge is 0.419 e. The van der Waals surface area contributed by atoms with Gasteiger partial charge in [-0.15, -0.1) is 4.91 Å². The third-order valence-corrected chi connectivity index (χ3v) is 4.64. The van der Waals surface area contributed by atoms with Gasteiger partial charge in [-0.1, -0.05) is 11.6 Å². The molecule has 0 unspecified atom stereocenters. The summed E-state index contributed by atoms with van der Waals surface area (Å²) in [6.45, 7) is 1.16. The molecule has 1 fully saturated rings. The molecule has 0 N–H and O–H groups in total. The lowest BCUT2D eigenvalue weighted by Gasteiger charge is -2.32. The van der Waals surface area contributed by atoms with Gasteiger partial charge in [0.15, 0.2) is 5.69 Å². The van der Waals surface area contributed by atoms with Gasteiger partial charge in [0.05, 0.1) is 23.4 Å². The molecule has 0 saturated carbocycles. The molecule has 4 heterocycles. The van der Waals surface area contributed by atoms with Gasteiger partial charge in [-0.05, 0) is 12.1 Å². The van der Waals surface area contributed by atoms with Crippen molar-refractivity contribution in [2.45, 2.75) is 6.23 Å². The van der Waals surface area contributed by atoms with Crippen LogP contribution in [0.1, 0.15) is 22.4 Å². The maximum absolute atomic E-state index is 12.8. The second-order valence-corrected chi connectivity index (χ2v) is 6.49. The standard InChI is InChI=1S/C16H14ClN7O4/c17-10-1-2-11(20-9-10)24-14(25)12-13(19-4-3-18-12)15(24)28-16(26)22-5-7-23(21-27)8-6-22/h1-4,9,15H,5-8H2/t15-/m0/s1. The molecule has 1 saturated heterocycles. The molecule has 0 bridgehead atoms. The van der Waals surface area contributed by atoms with E-state index in [0.717, 1.165) is 0 Å². The lowest BCUT2D eigenvalue weighted by atomic mass is 10.3. The number of carbonyl (C=O) groups excluding carboxylic acids is 2. The number of hydrogen-bond acceptors (Lipinski definition) is 8. The number of pyridine rings is 1. The molecule has 1 atom stereocenters. The van der Waals surface area contributed by atoms with E-state index >= 15 is 0 Å². The van der Waals surface area contributed by atoms with Crippen molar-refractivity contribution in [3.8, 4) is 0 Å². The van der Waals surface area contributed by atoms with Crippen LogP contribution in [-0.4, -0.2) is 63.0 Å². The van der Waals surface area contributed by atoms with Gasteiger partial charge in [0.2, 0.25) is 6.23 Å². The van der Waals surface area contributed by atoms with E-state index in [1.807, 2.05) is 0 Å². The van der Waals surface area contributed by atoms with Crippen molar-refractivity contribution in [2.24, 2.45) is 5.29 Å². The average Bonchev–Trinajstić information content (AvgIpc) is 3.01. The van der Waals surface area contributed by atoms with E-state index in [4.69, 9.17) is 16.3 Å². The van der Waals surface area contributed by atoms with Crippen LogP contribution in [0.25, 0.3) is 0 Å². The van der Waals surface area contributed by atoms with E-state index in [1.165, 1.54) is 33.4 Å². The van der Waals surface area contributed by atoms with Crippen molar-refractivity contribution in [1.29, 1.82) is 0 Å². The molecule has 0 aromatic carbocycles. The van der Waals surface area contributed by atoms with Crippen molar-refractivity contribution < 1.29 is 14.3 Å². The number of anilines is 1. The van der Waals surface area contributed by atoms with Crippen LogP contribution in [0, 0.1) is 4.91 Å². The zero-order valence-corrected chi connectivity index (χ0v) is 15.2. The van der Waals surface area contributed by atoms with Crippen molar-refractivity contribution >= 4 is 29.4 Å². The highest BCUT2D eigenvalue weighted by Crippen LogP contribution is 2.35. The number of aromatic nitrogens is 3. The van der Waals surface area contributed by atoms with Crippen molar-refractivity contribution in [1.82, 2.24) is 24.9 Å². The van der Waals surface area contributed by atoms with E-state index in [9.17, 15) is 14.5 Å². The topological polar surface area (TPSA) is 121 Å². The van der Waals surface area contributed by atoms with Crippen molar-refractivity contribution in [3.05, 3.63) is 52.0 Å². The summed E-state index contributed by atoms with van der Waals surface area (Å²) in [4.78, 5) is 51.1. The van der Waals surface area contributed by atoms with Crippen LogP contribution in [-0.2, 0) is 4.74 Å². The molecular weight excluding hydrogens is 390 g/mol. The van der Waals surface area contributed by atoms with Crippen LogP contribution in [0.2, 0.25) is 5.02 Å². The number of nitroso groups, excluding NO2 is 1. The SMILES string of the molecule is O=NN1CCN(C(=O)O[C@H]2c3nccnc3C(=O)N2c2ccc(Cl)cn2)CC1. The molecule has 0 spiro atoms. The van der Waals surface area contributed by atoms with Gasteiger partial charge in [-0.25, -0.2) is 19.7 Å². The molecule has 2 aliphatic heterocycles. The van der Waals surface area contributed by atoms with E-state index in [-0.39, 0.29) is 30.3 Å². The minimum Gasteiger partial charge on any atom is -0.419 e. The fraction of sp³-hybridized carbons (Fsp3) is 0.312. The number of rotatable bonds is 3. The second-order valence-electron chi connectivity index (χ2n) is 6.06. The maximum atomic E-state index is 12.8. The smallest absolute Gasteiger partial charge is 0.412 e. The molecule has 0 radical (unpaired) electrons. The average molecular weight is 404 g/mol. The molecule has 2 aromatic rings. The van der Waals surface area contributed by atoms with Crippen LogP contribution in [0.3, 0.4) is 0 Å². The Morgan fingerprint density at radius 3 is 2.57 bits per heavy atom. The number of hydrogen-bond donors (Lipinski definition) is 0. The first-order chi connectivity index (χ1) is 13.6. The Labute approximate surface area is 163 Å².